The Morgan fingerprint density at radius 1 is 1.47 bits per heavy atom. The number of ketones is 1. The van der Waals surface area contributed by atoms with E-state index in [9.17, 15) is 4.79 Å². The van der Waals surface area contributed by atoms with Crippen molar-refractivity contribution in [1.82, 2.24) is 4.90 Å². The number of hydrogen-bond acceptors (Lipinski definition) is 3. The van der Waals surface area contributed by atoms with E-state index in [1.807, 2.05) is 13.8 Å². The molecule has 1 saturated heterocycles. The molecule has 1 fully saturated rings. The van der Waals surface area contributed by atoms with Gasteiger partial charge in [0.2, 0.25) is 0 Å². The lowest BCUT2D eigenvalue weighted by atomic mass is 9.98. The summed E-state index contributed by atoms with van der Waals surface area (Å²) in [6.07, 6.45) is 0.705. The number of carbonyl (C=O) groups excluding carboxylic acids is 1. The molecule has 1 heterocycles. The molecule has 0 saturated carbocycles. The Bertz CT molecular complexity index is 216. The standard InChI is InChI=1S/C12H23NO2/c1-5-10(4)12(14)11-8-13(9(2)3)6-7-15-11/h9-11H,5-8H2,1-4H3. The Morgan fingerprint density at radius 3 is 2.67 bits per heavy atom. The van der Waals surface area contributed by atoms with Crippen LogP contribution in [0.5, 0.6) is 0 Å². The van der Waals surface area contributed by atoms with Gasteiger partial charge < -0.3 is 4.74 Å². The van der Waals surface area contributed by atoms with Crippen molar-refractivity contribution in [2.75, 3.05) is 19.7 Å². The third-order valence-electron chi connectivity index (χ3n) is 3.24. The van der Waals surface area contributed by atoms with Crippen molar-refractivity contribution in [3.63, 3.8) is 0 Å². The maximum Gasteiger partial charge on any atom is 0.165 e. The SMILES string of the molecule is CCC(C)C(=O)C1CN(C(C)C)CCO1. The quantitative estimate of drug-likeness (QED) is 0.712. The molecule has 15 heavy (non-hydrogen) atoms. The minimum absolute atomic E-state index is 0.127. The molecule has 0 aliphatic carbocycles. The Hall–Kier alpha value is -0.410. The van der Waals surface area contributed by atoms with Crippen LogP contribution < -0.4 is 0 Å². The molecule has 88 valence electrons. The summed E-state index contributed by atoms with van der Waals surface area (Å²) in [7, 11) is 0. The molecule has 0 N–H and O–H groups in total. The van der Waals surface area contributed by atoms with E-state index in [1.54, 1.807) is 0 Å². The smallest absolute Gasteiger partial charge is 0.165 e. The lowest BCUT2D eigenvalue weighted by Gasteiger charge is -2.35. The van der Waals surface area contributed by atoms with Gasteiger partial charge in [-0.15, -0.1) is 0 Å². The fourth-order valence-electron chi connectivity index (χ4n) is 1.83. The summed E-state index contributed by atoms with van der Waals surface area (Å²) in [6.45, 7) is 10.8. The molecule has 2 unspecified atom stereocenters. The van der Waals surface area contributed by atoms with Crippen molar-refractivity contribution < 1.29 is 9.53 Å². The van der Waals surface area contributed by atoms with Crippen molar-refractivity contribution in [2.24, 2.45) is 5.92 Å². The molecule has 0 aromatic heterocycles. The van der Waals surface area contributed by atoms with Crippen LogP contribution >= 0.6 is 0 Å². The molecule has 0 aromatic carbocycles. The van der Waals surface area contributed by atoms with Crippen LogP contribution in [0.3, 0.4) is 0 Å². The molecule has 1 rings (SSSR count). The normalized spacial score (nSPS) is 25.5. The number of ether oxygens (including phenoxy) is 1. The minimum atomic E-state index is -0.198. The van der Waals surface area contributed by atoms with Gasteiger partial charge in [0.15, 0.2) is 5.78 Å². The molecule has 3 heteroatoms. The Kier molecular flexibility index (Phi) is 4.74. The summed E-state index contributed by atoms with van der Waals surface area (Å²) >= 11 is 0. The van der Waals surface area contributed by atoms with E-state index in [1.165, 1.54) is 0 Å². The van der Waals surface area contributed by atoms with Crippen molar-refractivity contribution in [3.8, 4) is 0 Å². The van der Waals surface area contributed by atoms with Crippen LogP contribution in [-0.2, 0) is 9.53 Å². The summed E-state index contributed by atoms with van der Waals surface area (Å²) < 4.78 is 5.55. The predicted molar refractivity (Wildman–Crippen MR) is 60.9 cm³/mol. The molecular weight excluding hydrogens is 190 g/mol. The van der Waals surface area contributed by atoms with Crippen molar-refractivity contribution >= 4 is 5.78 Å². The second-order valence-corrected chi connectivity index (χ2v) is 4.66. The second-order valence-electron chi connectivity index (χ2n) is 4.66. The molecule has 1 aliphatic heterocycles. The van der Waals surface area contributed by atoms with Gasteiger partial charge in [-0.3, -0.25) is 9.69 Å². The number of Topliss-reactive ketones (excluding diaryl/α,β-unsaturated/α-hetero) is 1. The maximum absolute atomic E-state index is 11.9. The molecule has 2 atom stereocenters. The molecule has 0 aromatic rings. The number of rotatable bonds is 4. The molecule has 0 amide bonds. The van der Waals surface area contributed by atoms with Gasteiger partial charge in [-0.1, -0.05) is 13.8 Å². The van der Waals surface area contributed by atoms with Gasteiger partial charge in [0.25, 0.3) is 0 Å². The zero-order chi connectivity index (χ0) is 11.4. The highest BCUT2D eigenvalue weighted by atomic mass is 16.5. The van der Waals surface area contributed by atoms with Crippen LogP contribution in [0.15, 0.2) is 0 Å². The highest BCUT2D eigenvalue weighted by Crippen LogP contribution is 2.14. The fraction of sp³-hybridized carbons (Fsp3) is 0.917. The number of carbonyl (C=O) groups is 1. The number of nitrogens with zero attached hydrogens (tertiary/aromatic N) is 1. The van der Waals surface area contributed by atoms with Gasteiger partial charge in [0, 0.05) is 25.0 Å². The first-order chi connectivity index (χ1) is 7.06. The average molecular weight is 213 g/mol. The predicted octanol–water partition coefficient (Wildman–Crippen LogP) is 1.71. The van der Waals surface area contributed by atoms with Gasteiger partial charge in [-0.2, -0.15) is 0 Å². The van der Waals surface area contributed by atoms with E-state index in [4.69, 9.17) is 4.74 Å². The van der Waals surface area contributed by atoms with Gasteiger partial charge >= 0.3 is 0 Å². The summed E-state index contributed by atoms with van der Waals surface area (Å²) in [5, 5.41) is 0. The fourth-order valence-corrected chi connectivity index (χ4v) is 1.83. The van der Waals surface area contributed by atoms with Gasteiger partial charge in [0.1, 0.15) is 6.10 Å². The molecule has 0 radical (unpaired) electrons. The summed E-state index contributed by atoms with van der Waals surface area (Å²) in [4.78, 5) is 14.3. The van der Waals surface area contributed by atoms with E-state index in [2.05, 4.69) is 18.7 Å². The van der Waals surface area contributed by atoms with Gasteiger partial charge in [-0.25, -0.2) is 0 Å². The minimum Gasteiger partial charge on any atom is -0.368 e. The molecular formula is C12H23NO2. The largest absolute Gasteiger partial charge is 0.368 e. The average Bonchev–Trinajstić information content (AvgIpc) is 2.27. The second kappa shape index (κ2) is 5.61. The van der Waals surface area contributed by atoms with E-state index in [0.717, 1.165) is 19.5 Å². The van der Waals surface area contributed by atoms with Crippen LogP contribution in [-0.4, -0.2) is 42.5 Å². The maximum atomic E-state index is 11.9. The third kappa shape index (κ3) is 3.28. The van der Waals surface area contributed by atoms with E-state index < -0.39 is 0 Å². The topological polar surface area (TPSA) is 29.5 Å². The lowest BCUT2D eigenvalue weighted by molar-refractivity contribution is -0.140. The van der Waals surface area contributed by atoms with Crippen molar-refractivity contribution in [2.45, 2.75) is 46.3 Å². The first-order valence-electron chi connectivity index (χ1n) is 5.95. The van der Waals surface area contributed by atoms with E-state index in [0.29, 0.717) is 12.6 Å². The molecule has 1 aliphatic rings. The first kappa shape index (κ1) is 12.7. The van der Waals surface area contributed by atoms with E-state index in [-0.39, 0.29) is 17.8 Å². The summed E-state index contributed by atoms with van der Waals surface area (Å²) in [5.41, 5.74) is 0. The van der Waals surface area contributed by atoms with Crippen molar-refractivity contribution in [1.29, 1.82) is 0 Å². The number of morpholine rings is 1. The van der Waals surface area contributed by atoms with Crippen LogP contribution in [0.4, 0.5) is 0 Å². The Labute approximate surface area is 92.8 Å². The van der Waals surface area contributed by atoms with Gasteiger partial charge in [-0.05, 0) is 20.3 Å². The summed E-state index contributed by atoms with van der Waals surface area (Å²) in [5.74, 6) is 0.393. The monoisotopic (exact) mass is 213 g/mol. The molecule has 0 bridgehead atoms. The highest BCUT2D eigenvalue weighted by Gasteiger charge is 2.29. The highest BCUT2D eigenvalue weighted by molar-refractivity contribution is 5.85. The Morgan fingerprint density at radius 2 is 2.13 bits per heavy atom. The molecule has 3 nitrogen and oxygen atoms in total. The zero-order valence-electron chi connectivity index (χ0n) is 10.3. The Balaban J connectivity index is 2.52. The first-order valence-corrected chi connectivity index (χ1v) is 5.95. The number of hydrogen-bond donors (Lipinski definition) is 0. The van der Waals surface area contributed by atoms with Crippen LogP contribution in [0.25, 0.3) is 0 Å². The molecule has 0 spiro atoms. The lowest BCUT2D eigenvalue weighted by Crippen LogP contribution is -2.49. The van der Waals surface area contributed by atoms with Crippen LogP contribution in [0.1, 0.15) is 34.1 Å². The van der Waals surface area contributed by atoms with Crippen LogP contribution in [0, 0.1) is 5.92 Å². The van der Waals surface area contributed by atoms with Crippen LogP contribution in [0.2, 0.25) is 0 Å². The zero-order valence-corrected chi connectivity index (χ0v) is 10.3. The van der Waals surface area contributed by atoms with Crippen molar-refractivity contribution in [3.05, 3.63) is 0 Å². The van der Waals surface area contributed by atoms with E-state index >= 15 is 0 Å². The van der Waals surface area contributed by atoms with Gasteiger partial charge in [0.05, 0.1) is 6.61 Å². The third-order valence-corrected chi connectivity index (χ3v) is 3.24. The summed E-state index contributed by atoms with van der Waals surface area (Å²) in [6, 6.07) is 0.501.